The summed E-state index contributed by atoms with van der Waals surface area (Å²) in [5.41, 5.74) is 3.40. The van der Waals surface area contributed by atoms with Crippen molar-refractivity contribution in [1.29, 1.82) is 0 Å². The molecule has 3 rings (SSSR count). The van der Waals surface area contributed by atoms with Crippen LogP contribution in [0.4, 0.5) is 4.39 Å². The lowest BCUT2D eigenvalue weighted by Gasteiger charge is -2.07. The summed E-state index contributed by atoms with van der Waals surface area (Å²) in [6.45, 7) is 4.40. The van der Waals surface area contributed by atoms with Gasteiger partial charge >= 0.3 is 5.97 Å². The lowest BCUT2D eigenvalue weighted by molar-refractivity contribution is 0.0595. The van der Waals surface area contributed by atoms with Gasteiger partial charge in [-0.05, 0) is 17.5 Å². The minimum Gasteiger partial charge on any atom is -0.465 e. The van der Waals surface area contributed by atoms with Gasteiger partial charge in [0, 0.05) is 17.3 Å². The third-order valence-electron chi connectivity index (χ3n) is 4.24. The number of hydrogen-bond acceptors (Lipinski definition) is 3. The van der Waals surface area contributed by atoms with Crippen molar-refractivity contribution >= 4 is 5.97 Å². The van der Waals surface area contributed by atoms with E-state index in [4.69, 9.17) is 0 Å². The number of hydrogen-bond donors (Lipinski definition) is 0. The van der Waals surface area contributed by atoms with Crippen LogP contribution in [0, 0.1) is 5.82 Å². The van der Waals surface area contributed by atoms with Crippen LogP contribution in [0.15, 0.2) is 54.7 Å². The molecule has 0 atom stereocenters. The van der Waals surface area contributed by atoms with Crippen LogP contribution in [-0.2, 0) is 11.3 Å². The minimum atomic E-state index is -0.683. The van der Waals surface area contributed by atoms with Gasteiger partial charge in [0.1, 0.15) is 5.82 Å². The Balaban J connectivity index is 1.98. The zero-order valence-electron chi connectivity index (χ0n) is 15.1. The Morgan fingerprint density at radius 2 is 1.88 bits per heavy atom. The number of benzene rings is 2. The molecule has 3 aromatic rings. The number of methoxy groups -OCH3 is 1. The molecule has 0 radical (unpaired) electrons. The molecule has 1 heterocycles. The fourth-order valence-corrected chi connectivity index (χ4v) is 2.93. The smallest absolute Gasteiger partial charge is 0.340 e. The van der Waals surface area contributed by atoms with Crippen molar-refractivity contribution in [3.05, 3.63) is 77.4 Å². The van der Waals surface area contributed by atoms with Crippen LogP contribution in [0.3, 0.4) is 0 Å². The van der Waals surface area contributed by atoms with E-state index in [2.05, 4.69) is 23.7 Å². The fourth-order valence-electron chi connectivity index (χ4n) is 2.93. The topological polar surface area (TPSA) is 44.1 Å². The molecule has 5 heteroatoms. The van der Waals surface area contributed by atoms with Gasteiger partial charge in [-0.2, -0.15) is 5.10 Å². The molecule has 0 aliphatic rings. The van der Waals surface area contributed by atoms with E-state index in [-0.39, 0.29) is 18.0 Å². The third kappa shape index (κ3) is 3.52. The first-order chi connectivity index (χ1) is 12.5. The molecule has 0 aliphatic heterocycles. The maximum absolute atomic E-state index is 14.6. The Morgan fingerprint density at radius 1 is 1.15 bits per heavy atom. The van der Waals surface area contributed by atoms with Gasteiger partial charge < -0.3 is 4.74 Å². The Kier molecular flexibility index (Phi) is 5.16. The van der Waals surface area contributed by atoms with Crippen molar-refractivity contribution in [2.24, 2.45) is 0 Å². The first-order valence-corrected chi connectivity index (χ1v) is 8.49. The highest BCUT2D eigenvalue weighted by Crippen LogP contribution is 2.28. The molecule has 134 valence electrons. The van der Waals surface area contributed by atoms with E-state index < -0.39 is 11.8 Å². The molecular formula is C21H21FN2O2. The van der Waals surface area contributed by atoms with E-state index in [0.717, 1.165) is 16.8 Å². The standard InChI is InChI=1S/C21H21FN2O2/c1-14(2)20-18(15-8-5-4-6-9-15)13-24(23-20)12-16-10-7-11-17(19(16)22)21(25)26-3/h4-11,13-14H,12H2,1-3H3. The van der Waals surface area contributed by atoms with Crippen molar-refractivity contribution in [1.82, 2.24) is 9.78 Å². The van der Waals surface area contributed by atoms with Crippen LogP contribution in [0.25, 0.3) is 11.1 Å². The van der Waals surface area contributed by atoms with E-state index in [1.807, 2.05) is 36.5 Å². The average molecular weight is 352 g/mol. The van der Waals surface area contributed by atoms with Crippen molar-refractivity contribution in [2.75, 3.05) is 7.11 Å². The molecule has 0 aliphatic carbocycles. The second-order valence-electron chi connectivity index (χ2n) is 6.42. The summed E-state index contributed by atoms with van der Waals surface area (Å²) in [5.74, 6) is -1.02. The summed E-state index contributed by atoms with van der Waals surface area (Å²) >= 11 is 0. The summed E-state index contributed by atoms with van der Waals surface area (Å²) in [4.78, 5) is 11.7. The van der Waals surface area contributed by atoms with Gasteiger partial charge in [0.05, 0.1) is 24.9 Å². The molecule has 0 unspecified atom stereocenters. The maximum atomic E-state index is 14.6. The monoisotopic (exact) mass is 352 g/mol. The van der Waals surface area contributed by atoms with Gasteiger partial charge in [-0.1, -0.05) is 56.3 Å². The van der Waals surface area contributed by atoms with Crippen LogP contribution in [0.1, 0.15) is 41.4 Å². The van der Waals surface area contributed by atoms with Crippen LogP contribution < -0.4 is 0 Å². The van der Waals surface area contributed by atoms with Crippen LogP contribution in [0.2, 0.25) is 0 Å². The normalized spacial score (nSPS) is 11.0. The van der Waals surface area contributed by atoms with Crippen molar-refractivity contribution < 1.29 is 13.9 Å². The number of carbonyl (C=O) groups is 1. The number of ether oxygens (including phenoxy) is 1. The molecule has 0 fully saturated rings. The van der Waals surface area contributed by atoms with Gasteiger partial charge in [0.25, 0.3) is 0 Å². The highest BCUT2D eigenvalue weighted by Gasteiger charge is 2.18. The average Bonchev–Trinajstić information content (AvgIpc) is 3.08. The number of halogens is 1. The van der Waals surface area contributed by atoms with Crippen LogP contribution >= 0.6 is 0 Å². The summed E-state index contributed by atoms with van der Waals surface area (Å²) in [6, 6.07) is 14.7. The SMILES string of the molecule is COC(=O)c1cccc(Cn2cc(-c3ccccc3)c(C(C)C)n2)c1F. The fraction of sp³-hybridized carbons (Fsp3) is 0.238. The number of aromatic nitrogens is 2. The Morgan fingerprint density at radius 3 is 2.54 bits per heavy atom. The highest BCUT2D eigenvalue weighted by molar-refractivity contribution is 5.89. The van der Waals surface area contributed by atoms with Gasteiger partial charge in [0.2, 0.25) is 0 Å². The predicted octanol–water partition coefficient (Wildman–Crippen LogP) is 4.65. The van der Waals surface area contributed by atoms with Gasteiger partial charge in [0.15, 0.2) is 0 Å². The lowest BCUT2D eigenvalue weighted by atomic mass is 10.0. The summed E-state index contributed by atoms with van der Waals surface area (Å²) in [5, 5.41) is 4.65. The Bertz CT molecular complexity index is 917. The van der Waals surface area contributed by atoms with Crippen molar-refractivity contribution in [2.45, 2.75) is 26.3 Å². The second-order valence-corrected chi connectivity index (χ2v) is 6.42. The minimum absolute atomic E-state index is 0.0653. The first-order valence-electron chi connectivity index (χ1n) is 8.49. The number of rotatable bonds is 5. The largest absolute Gasteiger partial charge is 0.465 e. The zero-order chi connectivity index (χ0) is 18.7. The highest BCUT2D eigenvalue weighted by atomic mass is 19.1. The lowest BCUT2D eigenvalue weighted by Crippen LogP contribution is -2.09. The Labute approximate surface area is 152 Å². The first kappa shape index (κ1) is 17.9. The molecule has 1 aromatic heterocycles. The maximum Gasteiger partial charge on any atom is 0.340 e. The second kappa shape index (κ2) is 7.52. The summed E-state index contributed by atoms with van der Waals surface area (Å²) in [6.07, 6.45) is 1.93. The van der Waals surface area contributed by atoms with Crippen molar-refractivity contribution in [3.63, 3.8) is 0 Å². The zero-order valence-corrected chi connectivity index (χ0v) is 15.1. The number of carbonyl (C=O) groups excluding carboxylic acids is 1. The Hall–Kier alpha value is -2.95. The molecule has 0 saturated heterocycles. The third-order valence-corrected chi connectivity index (χ3v) is 4.24. The van der Waals surface area contributed by atoms with Crippen molar-refractivity contribution in [3.8, 4) is 11.1 Å². The van der Waals surface area contributed by atoms with E-state index >= 15 is 0 Å². The molecule has 26 heavy (non-hydrogen) atoms. The predicted molar refractivity (Wildman–Crippen MR) is 98.6 cm³/mol. The van der Waals surface area contributed by atoms with E-state index in [1.165, 1.54) is 13.2 Å². The van der Waals surface area contributed by atoms with Crippen LogP contribution in [0.5, 0.6) is 0 Å². The van der Waals surface area contributed by atoms with E-state index in [0.29, 0.717) is 5.56 Å². The number of nitrogens with zero attached hydrogens (tertiary/aromatic N) is 2. The number of esters is 1. The summed E-state index contributed by atoms with van der Waals surface area (Å²) < 4.78 is 21.0. The van der Waals surface area contributed by atoms with Crippen LogP contribution in [-0.4, -0.2) is 22.9 Å². The molecule has 0 amide bonds. The summed E-state index contributed by atoms with van der Waals surface area (Å²) in [7, 11) is 1.24. The van der Waals surface area contributed by atoms with E-state index in [9.17, 15) is 9.18 Å². The molecule has 0 N–H and O–H groups in total. The molecule has 0 bridgehead atoms. The molecule has 0 saturated carbocycles. The molecular weight excluding hydrogens is 331 g/mol. The van der Waals surface area contributed by atoms with Gasteiger partial charge in [-0.25, -0.2) is 9.18 Å². The van der Waals surface area contributed by atoms with Gasteiger partial charge in [-0.3, -0.25) is 4.68 Å². The molecule has 2 aromatic carbocycles. The molecule has 4 nitrogen and oxygen atoms in total. The quantitative estimate of drug-likeness (QED) is 0.628. The van der Waals surface area contributed by atoms with E-state index in [1.54, 1.807) is 16.8 Å². The molecule has 0 spiro atoms. The van der Waals surface area contributed by atoms with Gasteiger partial charge in [-0.15, -0.1) is 0 Å².